The summed E-state index contributed by atoms with van der Waals surface area (Å²) in [4.78, 5) is 15.3. The summed E-state index contributed by atoms with van der Waals surface area (Å²) in [5, 5.41) is 12.8. The molecule has 0 bridgehead atoms. The molecule has 0 radical (unpaired) electrons. The summed E-state index contributed by atoms with van der Waals surface area (Å²) in [5.41, 5.74) is 1.08. The van der Waals surface area contributed by atoms with E-state index < -0.39 is 0 Å². The van der Waals surface area contributed by atoms with Crippen molar-refractivity contribution in [1.29, 1.82) is 0 Å². The molecule has 3 N–H and O–H groups in total. The lowest BCUT2D eigenvalue weighted by Gasteiger charge is -2.31. The molecular formula is C17H23FN2O2. The SMILES string of the molecule is CCC(CC)(CCO)CNC(=O)c1cc2cc(F)ccc2[nH]1. The number of fused-ring (bicyclic) bond motifs is 1. The third-order valence-corrected chi connectivity index (χ3v) is 4.59. The van der Waals surface area contributed by atoms with Gasteiger partial charge in [-0.1, -0.05) is 13.8 Å². The number of H-pyrrole nitrogens is 1. The maximum absolute atomic E-state index is 13.2. The highest BCUT2D eigenvalue weighted by Gasteiger charge is 2.26. The van der Waals surface area contributed by atoms with Gasteiger partial charge in [0.25, 0.3) is 5.91 Å². The Hall–Kier alpha value is -1.88. The van der Waals surface area contributed by atoms with E-state index in [1.807, 2.05) is 0 Å². The number of hydrogen-bond donors (Lipinski definition) is 3. The minimum atomic E-state index is -0.322. The highest BCUT2D eigenvalue weighted by Crippen LogP contribution is 2.29. The third-order valence-electron chi connectivity index (χ3n) is 4.59. The molecule has 5 heteroatoms. The van der Waals surface area contributed by atoms with Gasteiger partial charge in [-0.2, -0.15) is 0 Å². The van der Waals surface area contributed by atoms with Crippen molar-refractivity contribution in [3.63, 3.8) is 0 Å². The molecule has 0 saturated carbocycles. The van der Waals surface area contributed by atoms with Crippen molar-refractivity contribution in [2.24, 2.45) is 5.41 Å². The number of amides is 1. The van der Waals surface area contributed by atoms with Crippen LogP contribution in [0.15, 0.2) is 24.3 Å². The Morgan fingerprint density at radius 1 is 1.32 bits per heavy atom. The van der Waals surface area contributed by atoms with Gasteiger partial charge in [0.05, 0.1) is 0 Å². The Balaban J connectivity index is 2.10. The lowest BCUT2D eigenvalue weighted by Crippen LogP contribution is -2.37. The number of aliphatic hydroxyl groups excluding tert-OH is 1. The van der Waals surface area contributed by atoms with Crippen molar-refractivity contribution in [2.45, 2.75) is 33.1 Å². The van der Waals surface area contributed by atoms with Gasteiger partial charge < -0.3 is 15.4 Å². The van der Waals surface area contributed by atoms with E-state index in [1.165, 1.54) is 12.1 Å². The molecule has 2 aromatic rings. The zero-order chi connectivity index (χ0) is 16.2. The van der Waals surface area contributed by atoms with Crippen molar-refractivity contribution < 1.29 is 14.3 Å². The molecule has 2 rings (SSSR count). The molecule has 0 saturated heterocycles. The molecule has 0 unspecified atom stereocenters. The van der Waals surface area contributed by atoms with Crippen LogP contribution in [-0.2, 0) is 0 Å². The van der Waals surface area contributed by atoms with Gasteiger partial charge in [-0.15, -0.1) is 0 Å². The number of rotatable bonds is 7. The summed E-state index contributed by atoms with van der Waals surface area (Å²) < 4.78 is 13.2. The molecule has 1 aromatic carbocycles. The van der Waals surface area contributed by atoms with Crippen molar-refractivity contribution in [2.75, 3.05) is 13.2 Å². The predicted molar refractivity (Wildman–Crippen MR) is 85.3 cm³/mol. The van der Waals surface area contributed by atoms with Crippen LogP contribution in [0.2, 0.25) is 0 Å². The quantitative estimate of drug-likeness (QED) is 0.735. The largest absolute Gasteiger partial charge is 0.396 e. The highest BCUT2D eigenvalue weighted by molar-refractivity contribution is 5.98. The second-order valence-corrected chi connectivity index (χ2v) is 5.78. The number of carbonyl (C=O) groups excluding carboxylic acids is 1. The first-order valence-electron chi connectivity index (χ1n) is 7.71. The summed E-state index contributed by atoms with van der Waals surface area (Å²) in [6.07, 6.45) is 2.45. The van der Waals surface area contributed by atoms with Crippen LogP contribution in [-0.4, -0.2) is 29.1 Å². The van der Waals surface area contributed by atoms with Gasteiger partial charge in [-0.05, 0) is 48.9 Å². The molecule has 0 aliphatic carbocycles. The number of halogens is 1. The summed E-state index contributed by atoms with van der Waals surface area (Å²) >= 11 is 0. The smallest absolute Gasteiger partial charge is 0.267 e. The van der Waals surface area contributed by atoms with E-state index in [0.717, 1.165) is 18.4 Å². The molecular weight excluding hydrogens is 283 g/mol. The number of aliphatic hydroxyl groups is 1. The molecule has 120 valence electrons. The van der Waals surface area contributed by atoms with Crippen LogP contribution in [0.4, 0.5) is 4.39 Å². The summed E-state index contributed by atoms with van der Waals surface area (Å²) in [6, 6.07) is 6.03. The van der Waals surface area contributed by atoms with Crippen LogP contribution in [0.25, 0.3) is 10.9 Å². The molecule has 0 aliphatic rings. The fourth-order valence-corrected chi connectivity index (χ4v) is 2.77. The maximum atomic E-state index is 13.2. The lowest BCUT2D eigenvalue weighted by molar-refractivity contribution is 0.0903. The molecule has 22 heavy (non-hydrogen) atoms. The molecule has 1 amide bonds. The third kappa shape index (κ3) is 3.47. The predicted octanol–water partition coefficient (Wildman–Crippen LogP) is 3.23. The zero-order valence-corrected chi connectivity index (χ0v) is 13.1. The van der Waals surface area contributed by atoms with E-state index in [9.17, 15) is 14.3 Å². The molecule has 0 spiro atoms. The number of hydrogen-bond acceptors (Lipinski definition) is 2. The average molecular weight is 306 g/mol. The summed E-state index contributed by atoms with van der Waals surface area (Å²) in [7, 11) is 0. The second kappa shape index (κ2) is 6.92. The molecule has 0 aliphatic heterocycles. The highest BCUT2D eigenvalue weighted by atomic mass is 19.1. The fourth-order valence-electron chi connectivity index (χ4n) is 2.77. The maximum Gasteiger partial charge on any atom is 0.267 e. The topological polar surface area (TPSA) is 65.1 Å². The first-order chi connectivity index (χ1) is 10.5. The van der Waals surface area contributed by atoms with Crippen LogP contribution in [0.5, 0.6) is 0 Å². The number of carbonyl (C=O) groups is 1. The fraction of sp³-hybridized carbons (Fsp3) is 0.471. The van der Waals surface area contributed by atoms with Crippen LogP contribution < -0.4 is 5.32 Å². The number of aromatic nitrogens is 1. The first kappa shape index (κ1) is 16.5. The van der Waals surface area contributed by atoms with Crippen LogP contribution >= 0.6 is 0 Å². The minimum absolute atomic E-state index is 0.0808. The van der Waals surface area contributed by atoms with Crippen molar-refractivity contribution >= 4 is 16.8 Å². The number of aromatic amines is 1. The molecule has 0 atom stereocenters. The molecule has 4 nitrogen and oxygen atoms in total. The monoisotopic (exact) mass is 306 g/mol. The second-order valence-electron chi connectivity index (χ2n) is 5.78. The Morgan fingerprint density at radius 3 is 2.68 bits per heavy atom. The van der Waals surface area contributed by atoms with Gasteiger partial charge in [-0.25, -0.2) is 4.39 Å². The van der Waals surface area contributed by atoms with Crippen molar-refractivity contribution in [3.05, 3.63) is 35.8 Å². The Bertz CT molecular complexity index is 647. The zero-order valence-electron chi connectivity index (χ0n) is 13.1. The Morgan fingerprint density at radius 2 is 2.05 bits per heavy atom. The van der Waals surface area contributed by atoms with Gasteiger partial charge in [0.1, 0.15) is 11.5 Å². The first-order valence-corrected chi connectivity index (χ1v) is 7.71. The minimum Gasteiger partial charge on any atom is -0.396 e. The average Bonchev–Trinajstić information content (AvgIpc) is 2.94. The molecule has 1 heterocycles. The van der Waals surface area contributed by atoms with Gasteiger partial charge in [-0.3, -0.25) is 4.79 Å². The molecule has 0 fully saturated rings. The van der Waals surface area contributed by atoms with E-state index in [0.29, 0.717) is 24.0 Å². The van der Waals surface area contributed by atoms with E-state index in [-0.39, 0.29) is 23.7 Å². The number of benzene rings is 1. The van der Waals surface area contributed by atoms with E-state index in [2.05, 4.69) is 24.1 Å². The number of nitrogens with one attached hydrogen (secondary N) is 2. The van der Waals surface area contributed by atoms with Gasteiger partial charge in [0, 0.05) is 24.1 Å². The Kier molecular flexibility index (Phi) is 5.19. The molecule has 1 aromatic heterocycles. The Labute approximate surface area is 129 Å². The summed E-state index contributed by atoms with van der Waals surface area (Å²) in [5.74, 6) is -0.529. The van der Waals surface area contributed by atoms with Gasteiger partial charge >= 0.3 is 0 Å². The normalized spacial score (nSPS) is 11.8. The van der Waals surface area contributed by atoms with Crippen LogP contribution in [0, 0.1) is 11.2 Å². The standard InChI is InChI=1S/C17H23FN2O2/c1-3-17(4-2,7-8-21)11-19-16(22)15-10-12-9-13(18)5-6-14(12)20-15/h5-6,9-10,20-21H,3-4,7-8,11H2,1-2H3,(H,19,22). The summed E-state index contributed by atoms with van der Waals surface area (Å²) in [6.45, 7) is 4.76. The van der Waals surface area contributed by atoms with E-state index >= 15 is 0 Å². The van der Waals surface area contributed by atoms with Gasteiger partial charge in [0.2, 0.25) is 0 Å². The van der Waals surface area contributed by atoms with Crippen LogP contribution in [0.1, 0.15) is 43.6 Å². The van der Waals surface area contributed by atoms with Crippen molar-refractivity contribution in [3.8, 4) is 0 Å². The van der Waals surface area contributed by atoms with E-state index in [1.54, 1.807) is 12.1 Å². The van der Waals surface area contributed by atoms with E-state index in [4.69, 9.17) is 0 Å². The van der Waals surface area contributed by atoms with Crippen molar-refractivity contribution in [1.82, 2.24) is 10.3 Å². The lowest BCUT2D eigenvalue weighted by atomic mass is 9.79. The van der Waals surface area contributed by atoms with Gasteiger partial charge in [0.15, 0.2) is 0 Å². The van der Waals surface area contributed by atoms with Crippen LogP contribution in [0.3, 0.4) is 0 Å².